The number of rotatable bonds is 5. The van der Waals surface area contributed by atoms with E-state index in [1.807, 2.05) is 0 Å². The second kappa shape index (κ2) is 6.66. The molecule has 1 amide bonds. The van der Waals surface area contributed by atoms with Gasteiger partial charge in [-0.3, -0.25) is 4.79 Å². The Morgan fingerprint density at radius 2 is 2.25 bits per heavy atom. The van der Waals surface area contributed by atoms with Gasteiger partial charge < -0.3 is 14.4 Å². The largest absolute Gasteiger partial charge is 0.467 e. The minimum absolute atomic E-state index is 0.110. The highest BCUT2D eigenvalue weighted by molar-refractivity contribution is 8.13. The second-order valence-electron chi connectivity index (χ2n) is 2.95. The van der Waals surface area contributed by atoms with E-state index >= 15 is 0 Å². The summed E-state index contributed by atoms with van der Waals surface area (Å²) in [5.41, 5.74) is 0. The number of hydrogen-bond donors (Lipinski definition) is 0. The van der Waals surface area contributed by atoms with E-state index in [0.717, 1.165) is 23.3 Å². The zero-order valence-electron chi connectivity index (χ0n) is 9.30. The standard InChI is InChI=1S/C8H13N3O3S2/c1-11(2)8(12)15-6-9-7(16-10-6)14-5-4-13-3/h4-5H2,1-3H3. The molecule has 6 nitrogen and oxygen atoms in total. The SMILES string of the molecule is COCCOc1nc(SC(=O)N(C)C)ns1. The molecule has 0 aliphatic heterocycles. The molecule has 1 aromatic heterocycles. The van der Waals surface area contributed by atoms with E-state index in [-0.39, 0.29) is 5.24 Å². The topological polar surface area (TPSA) is 64.6 Å². The molecule has 8 heteroatoms. The van der Waals surface area contributed by atoms with Crippen LogP contribution in [-0.2, 0) is 4.74 Å². The van der Waals surface area contributed by atoms with E-state index in [0.29, 0.717) is 23.6 Å². The highest BCUT2D eigenvalue weighted by Crippen LogP contribution is 2.23. The van der Waals surface area contributed by atoms with Crippen molar-refractivity contribution in [2.75, 3.05) is 34.4 Å². The molecule has 1 rings (SSSR count). The minimum atomic E-state index is -0.110. The Kier molecular flexibility index (Phi) is 5.50. The Hall–Kier alpha value is -0.860. The monoisotopic (exact) mass is 263 g/mol. The van der Waals surface area contributed by atoms with Crippen LogP contribution < -0.4 is 4.74 Å². The Bertz CT molecular complexity index is 343. The van der Waals surface area contributed by atoms with Gasteiger partial charge in [-0.25, -0.2) is 0 Å². The average Bonchev–Trinajstić information content (AvgIpc) is 2.66. The van der Waals surface area contributed by atoms with Crippen molar-refractivity contribution in [1.82, 2.24) is 14.3 Å². The number of carbonyl (C=O) groups excluding carboxylic acids is 1. The predicted octanol–water partition coefficient (Wildman–Crippen LogP) is 1.34. The number of aromatic nitrogens is 2. The summed E-state index contributed by atoms with van der Waals surface area (Å²) in [6, 6.07) is 0. The van der Waals surface area contributed by atoms with Gasteiger partial charge in [0.1, 0.15) is 6.61 Å². The van der Waals surface area contributed by atoms with Crippen molar-refractivity contribution in [3.63, 3.8) is 0 Å². The lowest BCUT2D eigenvalue weighted by Gasteiger charge is -2.06. The number of methoxy groups -OCH3 is 1. The normalized spacial score (nSPS) is 10.2. The van der Waals surface area contributed by atoms with Gasteiger partial charge in [0.25, 0.3) is 10.4 Å². The summed E-state index contributed by atoms with van der Waals surface area (Å²) >= 11 is 2.10. The van der Waals surface area contributed by atoms with Crippen molar-refractivity contribution >= 4 is 28.5 Å². The number of ether oxygens (including phenoxy) is 2. The summed E-state index contributed by atoms with van der Waals surface area (Å²) < 4.78 is 14.1. The summed E-state index contributed by atoms with van der Waals surface area (Å²) in [7, 11) is 4.95. The molecule has 1 heterocycles. The van der Waals surface area contributed by atoms with Crippen molar-refractivity contribution in [2.24, 2.45) is 0 Å². The van der Waals surface area contributed by atoms with Gasteiger partial charge in [-0.1, -0.05) is 0 Å². The lowest BCUT2D eigenvalue weighted by atomic mass is 10.8. The Balaban J connectivity index is 2.42. The van der Waals surface area contributed by atoms with E-state index in [9.17, 15) is 4.79 Å². The molecular formula is C8H13N3O3S2. The van der Waals surface area contributed by atoms with Gasteiger partial charge in [-0.15, -0.1) is 0 Å². The molecule has 90 valence electrons. The summed E-state index contributed by atoms with van der Waals surface area (Å²) in [5.74, 6) is 0. The van der Waals surface area contributed by atoms with Crippen molar-refractivity contribution in [3.8, 4) is 5.19 Å². The van der Waals surface area contributed by atoms with Gasteiger partial charge in [-0.2, -0.15) is 9.36 Å². The fourth-order valence-electron chi connectivity index (χ4n) is 0.679. The predicted molar refractivity (Wildman–Crippen MR) is 62.2 cm³/mol. The van der Waals surface area contributed by atoms with Gasteiger partial charge in [0.15, 0.2) is 0 Å². The van der Waals surface area contributed by atoms with Gasteiger partial charge in [0, 0.05) is 44.5 Å². The second-order valence-corrected chi connectivity index (χ2v) is 4.58. The summed E-state index contributed by atoms with van der Waals surface area (Å²) in [6.07, 6.45) is 0. The number of thioether (sulfide) groups is 1. The first kappa shape index (κ1) is 13.2. The molecule has 0 fully saturated rings. The van der Waals surface area contributed by atoms with Crippen LogP contribution in [0.3, 0.4) is 0 Å². The van der Waals surface area contributed by atoms with Crippen molar-refractivity contribution in [3.05, 3.63) is 0 Å². The maximum absolute atomic E-state index is 11.3. The first-order valence-electron chi connectivity index (χ1n) is 4.48. The molecule has 0 aliphatic carbocycles. The summed E-state index contributed by atoms with van der Waals surface area (Å²) in [5, 5.41) is 0.753. The van der Waals surface area contributed by atoms with E-state index < -0.39 is 0 Å². The van der Waals surface area contributed by atoms with Gasteiger partial charge >= 0.3 is 0 Å². The van der Waals surface area contributed by atoms with Crippen molar-refractivity contribution < 1.29 is 14.3 Å². The van der Waals surface area contributed by atoms with Crippen molar-refractivity contribution in [1.29, 1.82) is 0 Å². The average molecular weight is 263 g/mol. The molecule has 0 saturated carbocycles. The molecule has 0 radical (unpaired) electrons. The molecule has 0 saturated heterocycles. The Labute approximate surface area is 102 Å². The fraction of sp³-hybridized carbons (Fsp3) is 0.625. The first-order valence-corrected chi connectivity index (χ1v) is 6.07. The molecular weight excluding hydrogens is 250 g/mol. The third kappa shape index (κ3) is 4.33. The number of nitrogens with zero attached hydrogens (tertiary/aromatic N) is 3. The maximum Gasteiger partial charge on any atom is 0.294 e. The lowest BCUT2D eigenvalue weighted by molar-refractivity contribution is 0.146. The zero-order valence-corrected chi connectivity index (χ0v) is 10.9. The van der Waals surface area contributed by atoms with Crippen LogP contribution in [0, 0.1) is 0 Å². The maximum atomic E-state index is 11.3. The zero-order chi connectivity index (χ0) is 12.0. The van der Waals surface area contributed by atoms with Gasteiger partial charge in [0.2, 0.25) is 5.16 Å². The molecule has 0 unspecified atom stereocenters. The summed E-state index contributed by atoms with van der Waals surface area (Å²) in [4.78, 5) is 16.9. The Morgan fingerprint density at radius 1 is 1.50 bits per heavy atom. The minimum Gasteiger partial charge on any atom is -0.467 e. The third-order valence-electron chi connectivity index (χ3n) is 1.45. The molecule has 16 heavy (non-hydrogen) atoms. The Morgan fingerprint density at radius 3 is 2.88 bits per heavy atom. The van der Waals surface area contributed by atoms with Crippen LogP contribution >= 0.6 is 23.3 Å². The molecule has 0 N–H and O–H groups in total. The molecule has 1 aromatic rings. The molecule has 0 bridgehead atoms. The smallest absolute Gasteiger partial charge is 0.294 e. The van der Waals surface area contributed by atoms with Gasteiger partial charge in [0.05, 0.1) is 6.61 Å². The van der Waals surface area contributed by atoms with E-state index in [1.165, 1.54) is 4.90 Å². The third-order valence-corrected chi connectivity index (χ3v) is 3.10. The van der Waals surface area contributed by atoms with Crippen LogP contribution in [0.15, 0.2) is 5.16 Å². The molecule has 0 aliphatic rings. The van der Waals surface area contributed by atoms with Crippen LogP contribution in [0.1, 0.15) is 0 Å². The molecule has 0 atom stereocenters. The summed E-state index contributed by atoms with van der Waals surface area (Å²) in [6.45, 7) is 0.927. The van der Waals surface area contributed by atoms with Gasteiger partial charge in [-0.05, 0) is 0 Å². The van der Waals surface area contributed by atoms with E-state index in [2.05, 4.69) is 9.36 Å². The number of amides is 1. The highest BCUT2D eigenvalue weighted by Gasteiger charge is 2.12. The quantitative estimate of drug-likeness (QED) is 0.590. The molecule has 0 spiro atoms. The number of hydrogen-bond acceptors (Lipinski definition) is 7. The molecule has 0 aromatic carbocycles. The van der Waals surface area contributed by atoms with Crippen molar-refractivity contribution in [2.45, 2.75) is 5.16 Å². The van der Waals surface area contributed by atoms with E-state index in [1.54, 1.807) is 21.2 Å². The van der Waals surface area contributed by atoms with E-state index in [4.69, 9.17) is 9.47 Å². The van der Waals surface area contributed by atoms with Crippen LogP contribution in [0.5, 0.6) is 5.19 Å². The fourth-order valence-corrected chi connectivity index (χ4v) is 1.93. The van der Waals surface area contributed by atoms with Crippen LogP contribution in [0.4, 0.5) is 4.79 Å². The van der Waals surface area contributed by atoms with Crippen LogP contribution in [0.25, 0.3) is 0 Å². The first-order chi connectivity index (χ1) is 7.63. The number of carbonyl (C=O) groups is 1. The highest BCUT2D eigenvalue weighted by atomic mass is 32.2. The van der Waals surface area contributed by atoms with Crippen LogP contribution in [0.2, 0.25) is 0 Å². The van der Waals surface area contributed by atoms with Crippen LogP contribution in [-0.4, -0.2) is 53.9 Å². The lowest BCUT2D eigenvalue weighted by Crippen LogP contribution is -2.16.